The van der Waals surface area contributed by atoms with Crippen LogP contribution in [0.3, 0.4) is 0 Å². The molecule has 0 saturated carbocycles. The first-order valence-corrected chi connectivity index (χ1v) is 14.1. The third-order valence-electron chi connectivity index (χ3n) is 7.56. The molecule has 43 heavy (non-hydrogen) atoms. The number of benzene rings is 2. The topological polar surface area (TPSA) is 82.2 Å². The Morgan fingerprint density at radius 2 is 1.70 bits per heavy atom. The molecule has 12 heteroatoms. The summed E-state index contributed by atoms with van der Waals surface area (Å²) in [5.41, 5.74) is 1.06. The van der Waals surface area contributed by atoms with E-state index in [1.807, 2.05) is 30.3 Å². The van der Waals surface area contributed by atoms with Crippen molar-refractivity contribution in [3.8, 4) is 17.4 Å². The van der Waals surface area contributed by atoms with E-state index in [0.29, 0.717) is 17.3 Å². The monoisotopic (exact) mass is 596 g/mol. The molecule has 3 heterocycles. The third kappa shape index (κ3) is 7.14. The smallest absolute Gasteiger partial charge is 0.418 e. The predicted octanol–water partition coefficient (Wildman–Crippen LogP) is 6.12. The number of alkyl halides is 3. The van der Waals surface area contributed by atoms with Crippen LogP contribution in [0.2, 0.25) is 0 Å². The fourth-order valence-corrected chi connectivity index (χ4v) is 5.19. The fourth-order valence-electron chi connectivity index (χ4n) is 5.19. The number of hydrogen-bond donors (Lipinski definition) is 2. The van der Waals surface area contributed by atoms with Gasteiger partial charge in [0.25, 0.3) is 0 Å². The lowest BCUT2D eigenvalue weighted by Crippen LogP contribution is -2.44. The van der Waals surface area contributed by atoms with Gasteiger partial charge in [-0.05, 0) is 62.4 Å². The molecule has 0 spiro atoms. The van der Waals surface area contributed by atoms with Gasteiger partial charge in [0.15, 0.2) is 0 Å². The molecule has 5 rings (SSSR count). The number of halogens is 3. The highest BCUT2D eigenvalue weighted by atomic mass is 19.4. The molecule has 2 fully saturated rings. The summed E-state index contributed by atoms with van der Waals surface area (Å²) in [6.07, 6.45) is -1.76. The zero-order valence-corrected chi connectivity index (χ0v) is 24.2. The van der Waals surface area contributed by atoms with Crippen LogP contribution in [0, 0.1) is 0 Å². The van der Waals surface area contributed by atoms with Crippen molar-refractivity contribution in [2.75, 3.05) is 73.9 Å². The second-order valence-corrected chi connectivity index (χ2v) is 10.5. The van der Waals surface area contributed by atoms with E-state index in [1.54, 1.807) is 7.11 Å². The van der Waals surface area contributed by atoms with Gasteiger partial charge in [-0.3, -0.25) is 4.79 Å². The highest BCUT2D eigenvalue weighted by Crippen LogP contribution is 2.40. The Kier molecular flexibility index (Phi) is 8.95. The molecule has 1 amide bonds. The Labute approximate surface area is 248 Å². The maximum atomic E-state index is 13.6. The molecule has 0 atom stereocenters. The summed E-state index contributed by atoms with van der Waals surface area (Å²) in [6.45, 7) is 8.76. The van der Waals surface area contributed by atoms with Crippen LogP contribution in [-0.4, -0.2) is 69.2 Å². The van der Waals surface area contributed by atoms with E-state index in [-0.39, 0.29) is 11.6 Å². The van der Waals surface area contributed by atoms with Crippen LogP contribution < -0.4 is 29.9 Å². The second-order valence-electron chi connectivity index (χ2n) is 10.5. The Hall–Kier alpha value is -4.45. The minimum Gasteiger partial charge on any atom is -0.494 e. The molecule has 2 saturated heterocycles. The summed E-state index contributed by atoms with van der Waals surface area (Å²) in [7, 11) is 3.72. The molecular formula is C31H35F3N6O3. The molecule has 2 N–H and O–H groups in total. The van der Waals surface area contributed by atoms with Gasteiger partial charge in [-0.2, -0.15) is 18.2 Å². The molecule has 2 aromatic carbocycles. The van der Waals surface area contributed by atoms with Crippen LogP contribution in [-0.2, 0) is 11.0 Å². The highest BCUT2D eigenvalue weighted by molar-refractivity contribution is 5.99. The maximum Gasteiger partial charge on any atom is 0.418 e. The maximum absolute atomic E-state index is 13.6. The molecule has 3 aromatic rings. The van der Waals surface area contributed by atoms with E-state index >= 15 is 0 Å². The summed E-state index contributed by atoms with van der Waals surface area (Å²) >= 11 is 0. The molecule has 1 aromatic heterocycles. The summed E-state index contributed by atoms with van der Waals surface area (Å²) in [4.78, 5) is 23.3. The van der Waals surface area contributed by atoms with Gasteiger partial charge >= 0.3 is 6.18 Å². The number of nitrogens with zero attached hydrogens (tertiary/aromatic N) is 4. The first-order chi connectivity index (χ1) is 20.6. The van der Waals surface area contributed by atoms with E-state index in [1.165, 1.54) is 6.07 Å². The van der Waals surface area contributed by atoms with Crippen LogP contribution in [0.5, 0.6) is 17.4 Å². The molecule has 0 unspecified atom stereocenters. The minimum absolute atomic E-state index is 0.0894. The number of amides is 1. The van der Waals surface area contributed by atoms with Crippen molar-refractivity contribution in [1.82, 2.24) is 9.88 Å². The van der Waals surface area contributed by atoms with Crippen molar-refractivity contribution in [1.29, 1.82) is 0 Å². The number of piperazine rings is 1. The van der Waals surface area contributed by atoms with Crippen LogP contribution in [0.1, 0.15) is 18.4 Å². The van der Waals surface area contributed by atoms with Crippen molar-refractivity contribution in [2.45, 2.75) is 19.0 Å². The number of rotatable bonds is 9. The van der Waals surface area contributed by atoms with Gasteiger partial charge in [0.1, 0.15) is 23.0 Å². The molecule has 2 aliphatic rings. The number of aromatic nitrogens is 1. The SMILES string of the molecule is C=CC(=O)Nc1cc(Oc2nc(Nc3ccc(N4CCN(C)CC4)cc3OC)ccc2N2CCCC2)ccc1C(F)(F)F. The molecule has 9 nitrogen and oxygen atoms in total. The lowest BCUT2D eigenvalue weighted by Gasteiger charge is -2.34. The van der Waals surface area contributed by atoms with Gasteiger partial charge in [-0.1, -0.05) is 6.58 Å². The number of likely N-dealkylation sites (N-methyl/N-ethyl adjacent to an activating group) is 1. The Balaban J connectivity index is 1.44. The fraction of sp³-hybridized carbons (Fsp3) is 0.355. The predicted molar refractivity (Wildman–Crippen MR) is 162 cm³/mol. The largest absolute Gasteiger partial charge is 0.494 e. The van der Waals surface area contributed by atoms with E-state index in [0.717, 1.165) is 81.7 Å². The third-order valence-corrected chi connectivity index (χ3v) is 7.56. The molecule has 2 aliphatic heterocycles. The van der Waals surface area contributed by atoms with E-state index in [2.05, 4.69) is 39.0 Å². The zero-order chi connectivity index (χ0) is 30.6. The quantitative estimate of drug-likeness (QED) is 0.286. The Morgan fingerprint density at radius 3 is 2.37 bits per heavy atom. The van der Waals surface area contributed by atoms with E-state index in [9.17, 15) is 18.0 Å². The highest BCUT2D eigenvalue weighted by Gasteiger charge is 2.34. The van der Waals surface area contributed by atoms with Crippen molar-refractivity contribution in [3.63, 3.8) is 0 Å². The van der Waals surface area contributed by atoms with Crippen molar-refractivity contribution in [2.24, 2.45) is 0 Å². The second kappa shape index (κ2) is 12.8. The van der Waals surface area contributed by atoms with Gasteiger partial charge < -0.3 is 34.8 Å². The molecular weight excluding hydrogens is 561 g/mol. The number of pyridine rings is 1. The molecule has 0 bridgehead atoms. The molecule has 0 aliphatic carbocycles. The van der Waals surface area contributed by atoms with Gasteiger partial charge in [0.05, 0.1) is 24.0 Å². The van der Waals surface area contributed by atoms with Crippen LogP contribution >= 0.6 is 0 Å². The van der Waals surface area contributed by atoms with Crippen LogP contribution in [0.4, 0.5) is 41.7 Å². The molecule has 0 radical (unpaired) electrons. The van der Waals surface area contributed by atoms with Crippen molar-refractivity contribution in [3.05, 3.63) is 66.7 Å². The lowest BCUT2D eigenvalue weighted by atomic mass is 10.1. The number of carbonyl (C=O) groups is 1. The lowest BCUT2D eigenvalue weighted by molar-refractivity contribution is -0.137. The number of anilines is 5. The van der Waals surface area contributed by atoms with Gasteiger partial charge in [0, 0.05) is 57.1 Å². The number of carbonyl (C=O) groups excluding carboxylic acids is 1. The van der Waals surface area contributed by atoms with Gasteiger partial charge in [-0.15, -0.1) is 0 Å². The van der Waals surface area contributed by atoms with Crippen LogP contribution in [0.15, 0.2) is 61.2 Å². The van der Waals surface area contributed by atoms with Crippen molar-refractivity contribution >= 4 is 34.5 Å². The Bertz CT molecular complexity index is 1470. The standard InChI is InChI=1S/C31H35F3N6O3/c1-4-29(41)36-25-20-22(8-9-23(25)31(32,33)34)43-30-26(40-13-5-6-14-40)11-12-28(37-30)35-24-10-7-21(19-27(24)42-3)39-17-15-38(2)16-18-39/h4,7-12,19-20H,1,5-6,13-18H2,2-3H3,(H,35,37)(H,36,41). The number of nitrogens with one attached hydrogen (secondary N) is 2. The van der Waals surface area contributed by atoms with E-state index in [4.69, 9.17) is 14.5 Å². The summed E-state index contributed by atoms with van der Waals surface area (Å²) in [6, 6.07) is 12.9. The molecule has 228 valence electrons. The summed E-state index contributed by atoms with van der Waals surface area (Å²) in [5.74, 6) is 0.662. The van der Waals surface area contributed by atoms with Crippen molar-refractivity contribution < 1.29 is 27.4 Å². The minimum atomic E-state index is -4.68. The average molecular weight is 597 g/mol. The number of hydrogen-bond acceptors (Lipinski definition) is 8. The number of methoxy groups -OCH3 is 1. The van der Waals surface area contributed by atoms with Crippen LogP contribution in [0.25, 0.3) is 0 Å². The average Bonchev–Trinajstić information content (AvgIpc) is 3.52. The van der Waals surface area contributed by atoms with Gasteiger partial charge in [0.2, 0.25) is 11.8 Å². The number of ether oxygens (including phenoxy) is 2. The first-order valence-electron chi connectivity index (χ1n) is 14.1. The zero-order valence-electron chi connectivity index (χ0n) is 24.2. The summed E-state index contributed by atoms with van der Waals surface area (Å²) in [5, 5.41) is 5.53. The van der Waals surface area contributed by atoms with Gasteiger partial charge in [-0.25, -0.2) is 0 Å². The Morgan fingerprint density at radius 1 is 0.953 bits per heavy atom. The van der Waals surface area contributed by atoms with E-state index < -0.39 is 23.3 Å². The first kappa shape index (κ1) is 30.0. The normalized spacial score (nSPS) is 15.7. The summed E-state index contributed by atoms with van der Waals surface area (Å²) < 4.78 is 52.7.